The molecule has 2 aliphatic carbocycles. The van der Waals surface area contributed by atoms with Gasteiger partial charge in [-0.3, -0.25) is 9.59 Å². The van der Waals surface area contributed by atoms with Crippen molar-refractivity contribution in [2.24, 2.45) is 17.8 Å². The highest BCUT2D eigenvalue weighted by Crippen LogP contribution is 2.47. The molecule has 1 aromatic carbocycles. The number of ether oxygens (including phenoxy) is 1. The van der Waals surface area contributed by atoms with Crippen LogP contribution in [-0.4, -0.2) is 25.5 Å². The Hall–Kier alpha value is -1.88. The van der Waals surface area contributed by atoms with Gasteiger partial charge in [0.2, 0.25) is 0 Å². The van der Waals surface area contributed by atoms with Crippen molar-refractivity contribution in [1.82, 2.24) is 5.32 Å². The zero-order chi connectivity index (χ0) is 17.1. The lowest BCUT2D eigenvalue weighted by Gasteiger charge is -2.21. The highest BCUT2D eigenvalue weighted by Gasteiger charge is 2.39. The predicted molar refractivity (Wildman–Crippen MR) is 92.4 cm³/mol. The minimum atomic E-state index is -0.611. The number of carbonyl (C=O) groups excluding carboxylic acids is 2. The van der Waals surface area contributed by atoms with E-state index in [1.807, 2.05) is 25.1 Å². The van der Waals surface area contributed by atoms with E-state index in [1.165, 1.54) is 25.7 Å². The van der Waals surface area contributed by atoms with E-state index in [0.717, 1.165) is 17.4 Å². The van der Waals surface area contributed by atoms with E-state index in [1.54, 1.807) is 13.2 Å². The summed E-state index contributed by atoms with van der Waals surface area (Å²) < 4.78 is 5.27. The summed E-state index contributed by atoms with van der Waals surface area (Å²) in [4.78, 5) is 24.1. The van der Waals surface area contributed by atoms with Crippen LogP contribution in [0, 0.1) is 17.8 Å². The zero-order valence-electron chi connectivity index (χ0n) is 14.4. The van der Waals surface area contributed by atoms with Gasteiger partial charge in [0.05, 0.1) is 6.10 Å². The van der Waals surface area contributed by atoms with Crippen molar-refractivity contribution in [2.75, 3.05) is 19.0 Å². The van der Waals surface area contributed by atoms with E-state index in [-0.39, 0.29) is 6.10 Å². The van der Waals surface area contributed by atoms with Crippen LogP contribution in [0.15, 0.2) is 24.3 Å². The van der Waals surface area contributed by atoms with Gasteiger partial charge in [0.1, 0.15) is 0 Å². The number of rotatable bonds is 5. The van der Waals surface area contributed by atoms with Gasteiger partial charge in [0.15, 0.2) is 0 Å². The van der Waals surface area contributed by atoms with Gasteiger partial charge in [-0.15, -0.1) is 0 Å². The fourth-order valence-electron chi connectivity index (χ4n) is 4.12. The molecule has 1 aromatic rings. The summed E-state index contributed by atoms with van der Waals surface area (Å²) in [6, 6.07) is 7.37. The number of fused-ring (bicyclic) bond motifs is 2. The van der Waals surface area contributed by atoms with E-state index in [9.17, 15) is 9.59 Å². The molecule has 0 radical (unpaired) electrons. The highest BCUT2D eigenvalue weighted by molar-refractivity contribution is 6.39. The minimum Gasteiger partial charge on any atom is -0.377 e. The molecule has 4 atom stereocenters. The fraction of sp³-hybridized carbons (Fsp3) is 0.579. The van der Waals surface area contributed by atoms with E-state index in [4.69, 9.17) is 4.74 Å². The van der Waals surface area contributed by atoms with E-state index in [2.05, 4.69) is 10.6 Å². The Bertz CT molecular complexity index is 616. The molecule has 2 amide bonds. The first-order chi connectivity index (χ1) is 11.6. The molecule has 2 aliphatic rings. The van der Waals surface area contributed by atoms with Crippen molar-refractivity contribution in [3.05, 3.63) is 29.8 Å². The van der Waals surface area contributed by atoms with Gasteiger partial charge in [-0.05, 0) is 61.6 Å². The zero-order valence-corrected chi connectivity index (χ0v) is 14.4. The number of methoxy groups -OCH3 is 1. The lowest BCUT2D eigenvalue weighted by molar-refractivity contribution is -0.136. The Morgan fingerprint density at radius 3 is 2.75 bits per heavy atom. The monoisotopic (exact) mass is 330 g/mol. The van der Waals surface area contributed by atoms with E-state index in [0.29, 0.717) is 18.2 Å². The molecular weight excluding hydrogens is 304 g/mol. The van der Waals surface area contributed by atoms with Crippen molar-refractivity contribution < 1.29 is 14.3 Å². The standard InChI is InChI=1S/C19H26N2O3/c1-12(24-2)14-4-3-5-17(10-14)21-19(23)18(22)20-11-16-9-13-6-7-15(16)8-13/h3-5,10,12-13,15-16H,6-9,11H2,1-2H3,(H,20,22)(H,21,23)/t12-,13-,15-,16+/m0/s1. The number of hydrogen-bond donors (Lipinski definition) is 2. The van der Waals surface area contributed by atoms with Gasteiger partial charge in [0, 0.05) is 19.3 Å². The predicted octanol–water partition coefficient (Wildman–Crippen LogP) is 2.88. The van der Waals surface area contributed by atoms with Gasteiger partial charge < -0.3 is 15.4 Å². The molecule has 5 heteroatoms. The van der Waals surface area contributed by atoms with Crippen LogP contribution in [0.25, 0.3) is 0 Å². The molecule has 5 nitrogen and oxygen atoms in total. The van der Waals surface area contributed by atoms with Crippen LogP contribution < -0.4 is 10.6 Å². The van der Waals surface area contributed by atoms with Crippen molar-refractivity contribution in [3.63, 3.8) is 0 Å². The third-order valence-corrected chi connectivity index (χ3v) is 5.58. The van der Waals surface area contributed by atoms with E-state index < -0.39 is 11.8 Å². The number of nitrogens with one attached hydrogen (secondary N) is 2. The molecule has 24 heavy (non-hydrogen) atoms. The average molecular weight is 330 g/mol. The molecule has 0 saturated heterocycles. The van der Waals surface area contributed by atoms with Crippen LogP contribution in [0.4, 0.5) is 5.69 Å². The quantitative estimate of drug-likeness (QED) is 0.816. The third-order valence-electron chi connectivity index (χ3n) is 5.58. The SMILES string of the molecule is CO[C@@H](C)c1cccc(NC(=O)C(=O)NC[C@H]2C[C@H]3CC[C@H]2C3)c1. The first kappa shape index (κ1) is 17.0. The molecule has 2 N–H and O–H groups in total. The van der Waals surface area contributed by atoms with Crippen LogP contribution in [-0.2, 0) is 14.3 Å². The molecule has 0 unspecified atom stereocenters. The largest absolute Gasteiger partial charge is 0.377 e. The maximum absolute atomic E-state index is 12.1. The van der Waals surface area contributed by atoms with Gasteiger partial charge in [-0.25, -0.2) is 0 Å². The van der Waals surface area contributed by atoms with Crippen LogP contribution in [0.5, 0.6) is 0 Å². The van der Waals surface area contributed by atoms with Crippen LogP contribution in [0.1, 0.15) is 44.3 Å². The third kappa shape index (κ3) is 3.78. The maximum atomic E-state index is 12.1. The molecule has 2 fully saturated rings. The maximum Gasteiger partial charge on any atom is 0.313 e. The molecule has 0 spiro atoms. The number of anilines is 1. The lowest BCUT2D eigenvalue weighted by Crippen LogP contribution is -2.39. The summed E-state index contributed by atoms with van der Waals surface area (Å²) >= 11 is 0. The summed E-state index contributed by atoms with van der Waals surface area (Å²) in [5, 5.41) is 5.47. The Morgan fingerprint density at radius 2 is 2.08 bits per heavy atom. The number of benzene rings is 1. The molecule has 0 heterocycles. The van der Waals surface area contributed by atoms with Crippen LogP contribution in [0.2, 0.25) is 0 Å². The molecule has 2 saturated carbocycles. The van der Waals surface area contributed by atoms with Crippen LogP contribution in [0.3, 0.4) is 0 Å². The highest BCUT2D eigenvalue weighted by atomic mass is 16.5. The van der Waals surface area contributed by atoms with Crippen molar-refractivity contribution in [3.8, 4) is 0 Å². The van der Waals surface area contributed by atoms with Crippen molar-refractivity contribution >= 4 is 17.5 Å². The first-order valence-electron chi connectivity index (χ1n) is 8.78. The normalized spacial score (nSPS) is 26.2. The number of hydrogen-bond acceptors (Lipinski definition) is 3. The van der Waals surface area contributed by atoms with Crippen molar-refractivity contribution in [1.29, 1.82) is 0 Å². The van der Waals surface area contributed by atoms with Crippen LogP contribution >= 0.6 is 0 Å². The van der Waals surface area contributed by atoms with Crippen molar-refractivity contribution in [2.45, 2.75) is 38.7 Å². The summed E-state index contributed by atoms with van der Waals surface area (Å²) in [6.07, 6.45) is 5.06. The minimum absolute atomic E-state index is 0.0616. The summed E-state index contributed by atoms with van der Waals surface area (Å²) in [7, 11) is 1.64. The Balaban J connectivity index is 1.50. The first-order valence-corrected chi connectivity index (χ1v) is 8.78. The molecule has 2 bridgehead atoms. The molecular formula is C19H26N2O3. The summed E-state index contributed by atoms with van der Waals surface area (Å²) in [6.45, 7) is 2.55. The fourth-order valence-corrected chi connectivity index (χ4v) is 4.12. The smallest absolute Gasteiger partial charge is 0.313 e. The summed E-state index contributed by atoms with van der Waals surface area (Å²) in [5.41, 5.74) is 1.56. The molecule has 130 valence electrons. The molecule has 3 rings (SSSR count). The molecule has 0 aliphatic heterocycles. The van der Waals surface area contributed by atoms with Gasteiger partial charge in [-0.1, -0.05) is 18.6 Å². The van der Waals surface area contributed by atoms with Gasteiger partial charge in [-0.2, -0.15) is 0 Å². The average Bonchev–Trinajstić information content (AvgIpc) is 3.22. The second kappa shape index (κ2) is 7.34. The number of amides is 2. The Kier molecular flexibility index (Phi) is 5.19. The second-order valence-corrected chi connectivity index (χ2v) is 7.10. The Labute approximate surface area is 143 Å². The molecule has 0 aromatic heterocycles. The second-order valence-electron chi connectivity index (χ2n) is 7.10. The summed E-state index contributed by atoms with van der Waals surface area (Å²) in [5.74, 6) is 0.969. The van der Waals surface area contributed by atoms with Gasteiger partial charge >= 0.3 is 11.8 Å². The van der Waals surface area contributed by atoms with E-state index >= 15 is 0 Å². The topological polar surface area (TPSA) is 67.4 Å². The Morgan fingerprint density at radius 1 is 1.25 bits per heavy atom. The van der Waals surface area contributed by atoms with Gasteiger partial charge in [0.25, 0.3) is 0 Å². The number of carbonyl (C=O) groups is 2. The lowest BCUT2D eigenvalue weighted by atomic mass is 9.89.